The topological polar surface area (TPSA) is 66.8 Å². The molecule has 0 aliphatic carbocycles. The number of ketones is 1. The molecule has 0 saturated heterocycles. The lowest BCUT2D eigenvalue weighted by Gasteiger charge is -2.10. The van der Waals surface area contributed by atoms with E-state index < -0.39 is 0 Å². The molecule has 3 rings (SSSR count). The Morgan fingerprint density at radius 1 is 0.885 bits per heavy atom. The lowest BCUT2D eigenvalue weighted by molar-refractivity contribution is 0.105. The van der Waals surface area contributed by atoms with Crippen LogP contribution in [0.15, 0.2) is 72.8 Å². The van der Waals surface area contributed by atoms with Crippen LogP contribution in [0, 0.1) is 0 Å². The van der Waals surface area contributed by atoms with E-state index in [0.717, 1.165) is 5.56 Å². The molecular formula is C22H18O4. The van der Waals surface area contributed by atoms with Gasteiger partial charge in [-0.2, -0.15) is 0 Å². The third-order valence-electron chi connectivity index (χ3n) is 4.00. The average molecular weight is 346 g/mol. The van der Waals surface area contributed by atoms with Crippen molar-refractivity contribution in [3.05, 3.63) is 89.5 Å². The zero-order chi connectivity index (χ0) is 18.5. The molecule has 0 aliphatic heterocycles. The van der Waals surface area contributed by atoms with Gasteiger partial charge in [0, 0.05) is 5.57 Å². The smallest absolute Gasteiger partial charge is 0.197 e. The Morgan fingerprint density at radius 2 is 1.54 bits per heavy atom. The van der Waals surface area contributed by atoms with Gasteiger partial charge in [-0.05, 0) is 53.6 Å². The van der Waals surface area contributed by atoms with Crippen LogP contribution in [0.5, 0.6) is 17.2 Å². The summed E-state index contributed by atoms with van der Waals surface area (Å²) in [5.41, 5.74) is 2.12. The second-order valence-electron chi connectivity index (χ2n) is 5.72. The van der Waals surface area contributed by atoms with E-state index in [1.165, 1.54) is 6.07 Å². The van der Waals surface area contributed by atoms with E-state index in [0.29, 0.717) is 16.9 Å². The fourth-order valence-corrected chi connectivity index (χ4v) is 2.60. The zero-order valence-corrected chi connectivity index (χ0v) is 14.2. The second-order valence-corrected chi connectivity index (χ2v) is 5.72. The van der Waals surface area contributed by atoms with Gasteiger partial charge in [0.2, 0.25) is 0 Å². The average Bonchev–Trinajstić information content (AvgIpc) is 2.67. The molecule has 0 aliphatic rings. The first kappa shape index (κ1) is 17.3. The van der Waals surface area contributed by atoms with Gasteiger partial charge in [-0.3, -0.25) is 4.79 Å². The Labute approximate surface area is 151 Å². The second kappa shape index (κ2) is 7.57. The van der Waals surface area contributed by atoms with Crippen molar-refractivity contribution in [1.29, 1.82) is 0 Å². The van der Waals surface area contributed by atoms with E-state index in [1.54, 1.807) is 79.9 Å². The summed E-state index contributed by atoms with van der Waals surface area (Å²) in [6.45, 7) is 0. The van der Waals surface area contributed by atoms with Crippen LogP contribution in [0.2, 0.25) is 0 Å². The van der Waals surface area contributed by atoms with Crippen molar-refractivity contribution >= 4 is 17.4 Å². The monoisotopic (exact) mass is 346 g/mol. The number of methoxy groups -OCH3 is 1. The highest BCUT2D eigenvalue weighted by atomic mass is 16.5. The van der Waals surface area contributed by atoms with Crippen LogP contribution in [0.25, 0.3) is 11.6 Å². The predicted molar refractivity (Wildman–Crippen MR) is 101 cm³/mol. The number of hydrogen-bond donors (Lipinski definition) is 2. The van der Waals surface area contributed by atoms with E-state index in [9.17, 15) is 15.0 Å². The highest BCUT2D eigenvalue weighted by Crippen LogP contribution is 2.28. The molecule has 0 saturated carbocycles. The van der Waals surface area contributed by atoms with E-state index in [2.05, 4.69) is 0 Å². The number of carbonyl (C=O) groups is 1. The summed E-state index contributed by atoms with van der Waals surface area (Å²) in [6, 6.07) is 20.1. The van der Waals surface area contributed by atoms with Crippen LogP contribution in [-0.4, -0.2) is 23.1 Å². The first-order valence-electron chi connectivity index (χ1n) is 8.06. The third-order valence-corrected chi connectivity index (χ3v) is 4.00. The summed E-state index contributed by atoms with van der Waals surface area (Å²) in [6.07, 6.45) is 1.73. The third kappa shape index (κ3) is 3.75. The quantitative estimate of drug-likeness (QED) is 0.405. The van der Waals surface area contributed by atoms with Crippen molar-refractivity contribution in [2.45, 2.75) is 0 Å². The molecule has 4 heteroatoms. The summed E-state index contributed by atoms with van der Waals surface area (Å²) in [5.74, 6) is 0.483. The highest BCUT2D eigenvalue weighted by molar-refractivity contribution is 6.33. The summed E-state index contributed by atoms with van der Waals surface area (Å²) in [5, 5.41) is 19.5. The number of phenolic OH excluding ortho intramolecular Hbond substituents is 2. The summed E-state index contributed by atoms with van der Waals surface area (Å²) in [4.78, 5) is 13.1. The molecule has 0 fully saturated rings. The fourth-order valence-electron chi connectivity index (χ4n) is 2.60. The molecule has 3 aromatic carbocycles. The minimum atomic E-state index is -0.290. The number of phenols is 2. The van der Waals surface area contributed by atoms with Gasteiger partial charge < -0.3 is 14.9 Å². The number of allylic oxidation sites excluding steroid dienone is 1. The minimum absolute atomic E-state index is 0.0670. The molecule has 26 heavy (non-hydrogen) atoms. The lowest BCUT2D eigenvalue weighted by atomic mass is 9.94. The number of benzene rings is 3. The Bertz CT molecular complexity index is 939. The molecule has 0 amide bonds. The molecular weight excluding hydrogens is 328 g/mol. The zero-order valence-electron chi connectivity index (χ0n) is 14.2. The Morgan fingerprint density at radius 3 is 2.15 bits per heavy atom. The molecule has 0 unspecified atom stereocenters. The van der Waals surface area contributed by atoms with Crippen LogP contribution in [0.3, 0.4) is 0 Å². The van der Waals surface area contributed by atoms with Crippen molar-refractivity contribution in [2.24, 2.45) is 0 Å². The van der Waals surface area contributed by atoms with Crippen LogP contribution in [0.1, 0.15) is 21.5 Å². The number of Topliss-reactive ketones (excluding diaryl/α,β-unsaturated/α-hetero) is 1. The van der Waals surface area contributed by atoms with Crippen molar-refractivity contribution < 1.29 is 19.7 Å². The minimum Gasteiger partial charge on any atom is -0.508 e. The molecule has 0 radical (unpaired) electrons. The molecule has 3 aromatic rings. The van der Waals surface area contributed by atoms with Gasteiger partial charge in [-0.25, -0.2) is 0 Å². The molecule has 0 heterocycles. The SMILES string of the molecule is COc1ccc(/C(=C\c2ccc(O)cc2)C(=O)c2ccccc2O)cc1. The van der Waals surface area contributed by atoms with Crippen LogP contribution >= 0.6 is 0 Å². The molecule has 4 nitrogen and oxygen atoms in total. The number of ether oxygens (including phenoxy) is 1. The maximum atomic E-state index is 13.1. The van der Waals surface area contributed by atoms with Gasteiger partial charge in [0.1, 0.15) is 17.2 Å². The van der Waals surface area contributed by atoms with Gasteiger partial charge in [-0.1, -0.05) is 36.4 Å². The van der Waals surface area contributed by atoms with Crippen molar-refractivity contribution in [1.82, 2.24) is 0 Å². The van der Waals surface area contributed by atoms with Crippen molar-refractivity contribution in [3.8, 4) is 17.2 Å². The van der Waals surface area contributed by atoms with Crippen molar-refractivity contribution in [2.75, 3.05) is 7.11 Å². The van der Waals surface area contributed by atoms with E-state index in [4.69, 9.17) is 4.74 Å². The lowest BCUT2D eigenvalue weighted by Crippen LogP contribution is -2.03. The number of rotatable bonds is 5. The van der Waals surface area contributed by atoms with Crippen LogP contribution in [0.4, 0.5) is 0 Å². The molecule has 130 valence electrons. The predicted octanol–water partition coefficient (Wildman–Crippen LogP) is 4.53. The Balaban J connectivity index is 2.10. The van der Waals surface area contributed by atoms with E-state index in [-0.39, 0.29) is 22.8 Å². The Kier molecular flexibility index (Phi) is 5.04. The highest BCUT2D eigenvalue weighted by Gasteiger charge is 2.17. The van der Waals surface area contributed by atoms with Gasteiger partial charge >= 0.3 is 0 Å². The standard InChI is InChI=1S/C22H18O4/c1-26-18-12-8-16(9-13-18)20(14-15-6-10-17(23)11-7-15)22(25)19-4-2-3-5-21(19)24/h2-14,23-24H,1H3/b20-14+. The van der Waals surface area contributed by atoms with Gasteiger partial charge in [0.15, 0.2) is 5.78 Å². The van der Waals surface area contributed by atoms with Crippen LogP contribution < -0.4 is 4.74 Å². The number of para-hydroxylation sites is 1. The maximum Gasteiger partial charge on any atom is 0.197 e. The molecule has 0 spiro atoms. The first-order chi connectivity index (χ1) is 12.6. The van der Waals surface area contributed by atoms with E-state index in [1.807, 2.05) is 0 Å². The largest absolute Gasteiger partial charge is 0.508 e. The Hall–Kier alpha value is -3.53. The fraction of sp³-hybridized carbons (Fsp3) is 0.0455. The van der Waals surface area contributed by atoms with Crippen molar-refractivity contribution in [3.63, 3.8) is 0 Å². The van der Waals surface area contributed by atoms with E-state index >= 15 is 0 Å². The molecule has 0 aromatic heterocycles. The normalized spacial score (nSPS) is 11.2. The summed E-state index contributed by atoms with van der Waals surface area (Å²) < 4.78 is 5.17. The van der Waals surface area contributed by atoms with Crippen LogP contribution in [-0.2, 0) is 0 Å². The number of aromatic hydroxyl groups is 2. The molecule has 0 atom stereocenters. The van der Waals surface area contributed by atoms with Gasteiger partial charge in [0.25, 0.3) is 0 Å². The van der Waals surface area contributed by atoms with Gasteiger partial charge in [0.05, 0.1) is 12.7 Å². The molecule has 2 N–H and O–H groups in total. The maximum absolute atomic E-state index is 13.1. The summed E-state index contributed by atoms with van der Waals surface area (Å²) in [7, 11) is 1.58. The molecule has 0 bridgehead atoms. The summed E-state index contributed by atoms with van der Waals surface area (Å²) >= 11 is 0. The van der Waals surface area contributed by atoms with Gasteiger partial charge in [-0.15, -0.1) is 0 Å². The number of carbonyl (C=O) groups excluding carboxylic acids is 1. The number of hydrogen-bond acceptors (Lipinski definition) is 4. The first-order valence-corrected chi connectivity index (χ1v) is 8.06.